The highest BCUT2D eigenvalue weighted by molar-refractivity contribution is 7.79. The van der Waals surface area contributed by atoms with Crippen LogP contribution in [0, 0.1) is 0 Å². The van der Waals surface area contributed by atoms with Gasteiger partial charge in [0.25, 0.3) is 0 Å². The number of carbonyl (C=O) groups is 1. The summed E-state index contributed by atoms with van der Waals surface area (Å²) in [7, 11) is -2.96. The van der Waals surface area contributed by atoms with Gasteiger partial charge in [0.15, 0.2) is 12.9 Å². The third-order valence-corrected chi connectivity index (χ3v) is 7.42. The van der Waals surface area contributed by atoms with Crippen LogP contribution < -0.4 is 10.6 Å². The van der Waals surface area contributed by atoms with Gasteiger partial charge in [-0.1, -0.05) is 66.7 Å². The summed E-state index contributed by atoms with van der Waals surface area (Å²) in [5.74, 6) is -0.0639. The monoisotopic (exact) mass is 326 g/mol. The van der Waals surface area contributed by atoms with E-state index in [-0.39, 0.29) is 11.9 Å². The van der Waals surface area contributed by atoms with Crippen molar-refractivity contribution in [1.29, 1.82) is 0 Å². The van der Waals surface area contributed by atoms with E-state index < -0.39 is 7.14 Å². The average molecular weight is 326 g/mol. The van der Waals surface area contributed by atoms with Gasteiger partial charge in [0.2, 0.25) is 0 Å². The highest BCUT2D eigenvalue weighted by atomic mass is 32.1. The van der Waals surface area contributed by atoms with Gasteiger partial charge in [0.05, 0.1) is 11.0 Å². The molecule has 1 aromatic heterocycles. The first-order valence-corrected chi connectivity index (χ1v) is 9.74. The second kappa shape index (κ2) is 6.43. The number of benzene rings is 2. The molecule has 4 heteroatoms. The van der Waals surface area contributed by atoms with Gasteiger partial charge in [-0.25, -0.2) is 0 Å². The van der Waals surface area contributed by atoms with Gasteiger partial charge < -0.3 is 4.57 Å². The Bertz CT molecular complexity index is 752. The maximum atomic E-state index is 13.7. The average Bonchev–Trinajstić information content (AvgIpc) is 3.11. The minimum absolute atomic E-state index is 0.0293. The molecule has 110 valence electrons. The van der Waals surface area contributed by atoms with Crippen molar-refractivity contribution in [1.82, 2.24) is 0 Å². The molecular weight excluding hydrogens is 311 g/mol. The maximum Gasteiger partial charge on any atom is 0.180 e. The fraction of sp³-hybridized carbons (Fsp3) is 0.0556. The van der Waals surface area contributed by atoms with Crippen molar-refractivity contribution < 1.29 is 9.36 Å². The second-order valence-corrected chi connectivity index (χ2v) is 8.75. The fourth-order valence-electron chi connectivity index (χ4n) is 2.39. The molecule has 2 aromatic carbocycles. The van der Waals surface area contributed by atoms with E-state index in [1.807, 2.05) is 72.1 Å². The van der Waals surface area contributed by atoms with Crippen LogP contribution >= 0.6 is 18.5 Å². The second-order valence-electron chi connectivity index (χ2n) is 4.97. The molecule has 0 bridgehead atoms. The highest BCUT2D eigenvalue weighted by Gasteiger charge is 2.30. The zero-order valence-electron chi connectivity index (χ0n) is 11.9. The van der Waals surface area contributed by atoms with Crippen molar-refractivity contribution in [3.63, 3.8) is 0 Å². The number of hydrogen-bond donors (Lipinski definition) is 0. The first-order valence-electron chi connectivity index (χ1n) is 6.97. The SMILES string of the molecule is O=C(CP(=O)(c1ccccc1)c1ccccc1)c1cccs1. The van der Waals surface area contributed by atoms with Crippen molar-refractivity contribution in [2.75, 3.05) is 6.16 Å². The van der Waals surface area contributed by atoms with Crippen LogP contribution in [0.4, 0.5) is 0 Å². The summed E-state index contributed by atoms with van der Waals surface area (Å²) in [6.07, 6.45) is 0.0293. The van der Waals surface area contributed by atoms with Crippen LogP contribution in [-0.2, 0) is 4.57 Å². The fourth-order valence-corrected chi connectivity index (χ4v) is 5.70. The van der Waals surface area contributed by atoms with Gasteiger partial charge in [-0.3, -0.25) is 4.79 Å². The summed E-state index contributed by atoms with van der Waals surface area (Å²) in [5, 5.41) is 3.32. The normalized spacial score (nSPS) is 11.3. The van der Waals surface area contributed by atoms with Crippen molar-refractivity contribution in [3.05, 3.63) is 83.1 Å². The topological polar surface area (TPSA) is 34.1 Å². The summed E-state index contributed by atoms with van der Waals surface area (Å²) in [6, 6.07) is 22.2. The van der Waals surface area contributed by atoms with E-state index in [4.69, 9.17) is 0 Å². The standard InChI is InChI=1S/C18H15O2PS/c19-17(18-12-7-13-22-18)14-21(20,15-8-3-1-4-9-15)16-10-5-2-6-11-16/h1-13H,14H2. The molecule has 3 rings (SSSR count). The molecule has 0 aliphatic heterocycles. The van der Waals surface area contributed by atoms with Gasteiger partial charge in [-0.05, 0) is 11.4 Å². The lowest BCUT2D eigenvalue weighted by Gasteiger charge is -2.18. The van der Waals surface area contributed by atoms with Crippen molar-refractivity contribution >= 4 is 34.9 Å². The Labute approximate surface area is 133 Å². The van der Waals surface area contributed by atoms with E-state index >= 15 is 0 Å². The predicted molar refractivity (Wildman–Crippen MR) is 93.3 cm³/mol. The minimum Gasteiger partial charge on any atom is -0.313 e. The third-order valence-electron chi connectivity index (χ3n) is 3.51. The van der Waals surface area contributed by atoms with Gasteiger partial charge in [-0.2, -0.15) is 0 Å². The summed E-state index contributed by atoms with van der Waals surface area (Å²) in [4.78, 5) is 13.2. The minimum atomic E-state index is -2.96. The lowest BCUT2D eigenvalue weighted by molar-refractivity contribution is 0.102. The van der Waals surface area contributed by atoms with Crippen molar-refractivity contribution in [2.45, 2.75) is 0 Å². The van der Waals surface area contributed by atoms with Gasteiger partial charge in [0.1, 0.15) is 0 Å². The molecular formula is C18H15O2PS. The Kier molecular flexibility index (Phi) is 4.37. The van der Waals surface area contributed by atoms with E-state index in [2.05, 4.69) is 0 Å². The number of hydrogen-bond acceptors (Lipinski definition) is 3. The van der Waals surface area contributed by atoms with E-state index in [0.29, 0.717) is 4.88 Å². The van der Waals surface area contributed by atoms with Gasteiger partial charge in [-0.15, -0.1) is 11.3 Å². The molecule has 0 fully saturated rings. The van der Waals surface area contributed by atoms with Crippen LogP contribution in [0.2, 0.25) is 0 Å². The molecule has 0 radical (unpaired) electrons. The van der Waals surface area contributed by atoms with E-state index in [0.717, 1.165) is 10.6 Å². The molecule has 1 heterocycles. The summed E-state index contributed by atoms with van der Waals surface area (Å²) >= 11 is 1.39. The zero-order valence-corrected chi connectivity index (χ0v) is 13.6. The summed E-state index contributed by atoms with van der Waals surface area (Å²) in [5.41, 5.74) is 0. The Balaban J connectivity index is 2.05. The molecule has 0 saturated heterocycles. The van der Waals surface area contributed by atoms with Gasteiger partial charge >= 0.3 is 0 Å². The maximum absolute atomic E-state index is 13.7. The zero-order chi connectivity index (χ0) is 15.4. The summed E-state index contributed by atoms with van der Waals surface area (Å²) in [6.45, 7) is 0. The summed E-state index contributed by atoms with van der Waals surface area (Å²) < 4.78 is 13.7. The van der Waals surface area contributed by atoms with Crippen LogP contribution in [0.5, 0.6) is 0 Å². The molecule has 3 aromatic rings. The first-order chi connectivity index (χ1) is 10.7. The van der Waals surface area contributed by atoms with E-state index in [9.17, 15) is 9.36 Å². The molecule has 22 heavy (non-hydrogen) atoms. The predicted octanol–water partition coefficient (Wildman–Crippen LogP) is 3.94. The number of ketones is 1. The Morgan fingerprint density at radius 2 is 1.36 bits per heavy atom. The van der Waals surface area contributed by atoms with E-state index in [1.165, 1.54) is 11.3 Å². The lowest BCUT2D eigenvalue weighted by Crippen LogP contribution is -2.22. The number of thiophene rings is 1. The van der Waals surface area contributed by atoms with Crippen molar-refractivity contribution in [2.24, 2.45) is 0 Å². The lowest BCUT2D eigenvalue weighted by atomic mass is 10.3. The molecule has 0 atom stereocenters. The third kappa shape index (κ3) is 2.96. The number of carbonyl (C=O) groups excluding carboxylic acids is 1. The smallest absolute Gasteiger partial charge is 0.180 e. The first kappa shape index (κ1) is 15.0. The molecule has 2 nitrogen and oxygen atoms in total. The highest BCUT2D eigenvalue weighted by Crippen LogP contribution is 2.43. The number of Topliss-reactive ketones (excluding diaryl/α,β-unsaturated/α-hetero) is 1. The molecule has 0 saturated carbocycles. The molecule has 0 N–H and O–H groups in total. The van der Waals surface area contributed by atoms with Crippen LogP contribution in [0.25, 0.3) is 0 Å². The molecule has 0 amide bonds. The Morgan fingerprint density at radius 3 is 1.82 bits per heavy atom. The Hall–Kier alpha value is -1.96. The molecule has 0 spiro atoms. The van der Waals surface area contributed by atoms with Crippen LogP contribution in [0.15, 0.2) is 78.2 Å². The molecule has 0 aliphatic carbocycles. The van der Waals surface area contributed by atoms with Gasteiger partial charge in [0, 0.05) is 10.6 Å². The van der Waals surface area contributed by atoms with Crippen LogP contribution in [0.1, 0.15) is 9.67 Å². The quantitative estimate of drug-likeness (QED) is 0.526. The van der Waals surface area contributed by atoms with Crippen LogP contribution in [0.3, 0.4) is 0 Å². The van der Waals surface area contributed by atoms with Crippen molar-refractivity contribution in [3.8, 4) is 0 Å². The van der Waals surface area contributed by atoms with Crippen LogP contribution in [-0.4, -0.2) is 11.9 Å². The van der Waals surface area contributed by atoms with E-state index in [1.54, 1.807) is 6.07 Å². The largest absolute Gasteiger partial charge is 0.313 e. The number of rotatable bonds is 5. The Morgan fingerprint density at radius 1 is 0.818 bits per heavy atom. The molecule has 0 aliphatic rings. The molecule has 0 unspecified atom stereocenters.